The summed E-state index contributed by atoms with van der Waals surface area (Å²) in [4.78, 5) is 38.1. The number of hydrogen-bond acceptors (Lipinski definition) is 6. The number of pyridine rings is 1. The standard InChI is InChI=1S/C33H41N7O3/c1-19-25-11-10-21-15-27(40(31(21)36-25)17-23-13-20(23)7-4-5-9-29(41)35-19)32-37-26-14-22(16-28(43-3)30(26)38(32)2)33(42)39-12-6-8-24(34)18-39/h10-11,14-16,19-20,23-24H,4-9,12-13,17-18,34H2,1-3H3,(H,35,41)/t19-,20-,23-,24-/m1/s1. The topological polar surface area (TPSA) is 120 Å². The Hall–Kier alpha value is -3.92. The number of amides is 2. The molecule has 5 heterocycles. The highest BCUT2D eigenvalue weighted by atomic mass is 16.5. The first-order chi connectivity index (χ1) is 20.8. The van der Waals surface area contributed by atoms with Gasteiger partial charge in [-0.1, -0.05) is 12.8 Å². The number of imidazole rings is 1. The Balaban J connectivity index is 1.33. The molecule has 2 amide bonds. The van der Waals surface area contributed by atoms with Gasteiger partial charge < -0.3 is 29.8 Å². The van der Waals surface area contributed by atoms with Crippen molar-refractivity contribution in [2.24, 2.45) is 24.6 Å². The van der Waals surface area contributed by atoms with Crippen molar-refractivity contribution in [3.8, 4) is 17.3 Å². The first-order valence-corrected chi connectivity index (χ1v) is 15.7. The number of ether oxygens (including phenoxy) is 1. The second-order valence-corrected chi connectivity index (χ2v) is 12.8. The molecule has 3 aliphatic rings. The van der Waals surface area contributed by atoms with Gasteiger partial charge in [-0.05, 0) is 74.8 Å². The molecule has 10 nitrogen and oxygen atoms in total. The number of aryl methyl sites for hydroxylation is 1. The molecule has 2 fully saturated rings. The van der Waals surface area contributed by atoms with E-state index in [9.17, 15) is 9.59 Å². The van der Waals surface area contributed by atoms with Gasteiger partial charge in [0.2, 0.25) is 5.91 Å². The molecular weight excluding hydrogens is 542 g/mol. The summed E-state index contributed by atoms with van der Waals surface area (Å²) in [5.41, 5.74) is 11.1. The number of hydrogen-bond donors (Lipinski definition) is 2. The van der Waals surface area contributed by atoms with Crippen molar-refractivity contribution in [2.45, 2.75) is 70.5 Å². The minimum atomic E-state index is -0.175. The summed E-state index contributed by atoms with van der Waals surface area (Å²) in [5.74, 6) is 2.73. The molecule has 2 aliphatic heterocycles. The molecular formula is C33H41N7O3. The molecule has 0 spiro atoms. The minimum Gasteiger partial charge on any atom is -0.494 e. The van der Waals surface area contributed by atoms with E-state index in [4.69, 9.17) is 20.4 Å². The SMILES string of the molecule is COc1cc(C(=O)N2CCC[C@@H](N)C2)cc2nc(-c3cc4ccc5nc4n3C[C@H]3C[C@H]3CCCCC(=O)N[C@@H]5C)n(C)c12. The number of methoxy groups -OCH3 is 1. The Bertz CT molecular complexity index is 1720. The monoisotopic (exact) mass is 583 g/mol. The van der Waals surface area contributed by atoms with Crippen LogP contribution in [0.2, 0.25) is 0 Å². The summed E-state index contributed by atoms with van der Waals surface area (Å²) in [6.45, 7) is 4.14. The van der Waals surface area contributed by atoms with Crippen LogP contribution in [0.4, 0.5) is 0 Å². The number of rotatable bonds is 3. The Morgan fingerprint density at radius 1 is 1.07 bits per heavy atom. The Kier molecular flexibility index (Phi) is 7.12. The van der Waals surface area contributed by atoms with E-state index in [0.717, 1.165) is 77.9 Å². The molecule has 1 saturated carbocycles. The van der Waals surface area contributed by atoms with Crippen LogP contribution in [0, 0.1) is 11.8 Å². The van der Waals surface area contributed by atoms with Gasteiger partial charge in [-0.25, -0.2) is 9.97 Å². The fourth-order valence-electron chi connectivity index (χ4n) is 7.15. The highest BCUT2D eigenvalue weighted by Gasteiger charge is 2.37. The van der Waals surface area contributed by atoms with E-state index in [0.29, 0.717) is 42.7 Å². The van der Waals surface area contributed by atoms with Crippen molar-refractivity contribution in [3.05, 3.63) is 41.6 Å². The molecule has 10 heteroatoms. The Morgan fingerprint density at radius 2 is 1.93 bits per heavy atom. The van der Waals surface area contributed by atoms with Crippen LogP contribution in [0.25, 0.3) is 33.6 Å². The van der Waals surface area contributed by atoms with Crippen LogP contribution in [0.3, 0.4) is 0 Å². The molecule has 226 valence electrons. The Labute approximate surface area is 251 Å². The summed E-state index contributed by atoms with van der Waals surface area (Å²) in [6.07, 6.45) is 6.77. The van der Waals surface area contributed by atoms with Gasteiger partial charge in [-0.3, -0.25) is 9.59 Å². The second kappa shape index (κ2) is 11.0. The number of fused-ring (bicyclic) bond motifs is 3. The van der Waals surface area contributed by atoms with E-state index in [1.165, 1.54) is 6.42 Å². The molecule has 1 aliphatic carbocycles. The quantitative estimate of drug-likeness (QED) is 0.365. The maximum atomic E-state index is 13.5. The summed E-state index contributed by atoms with van der Waals surface area (Å²) in [6, 6.07) is 9.82. The van der Waals surface area contributed by atoms with Crippen LogP contribution in [-0.4, -0.2) is 62.1 Å². The molecule has 3 N–H and O–H groups in total. The molecule has 0 unspecified atom stereocenters. The van der Waals surface area contributed by atoms with Crippen LogP contribution < -0.4 is 15.8 Å². The van der Waals surface area contributed by atoms with E-state index in [2.05, 4.69) is 26.6 Å². The highest BCUT2D eigenvalue weighted by molar-refractivity contribution is 6.00. The lowest BCUT2D eigenvalue weighted by Gasteiger charge is -2.30. The number of aromatic nitrogens is 4. The third-order valence-electron chi connectivity index (χ3n) is 9.68. The van der Waals surface area contributed by atoms with E-state index in [-0.39, 0.29) is 23.9 Å². The van der Waals surface area contributed by atoms with E-state index < -0.39 is 0 Å². The predicted molar refractivity (Wildman–Crippen MR) is 166 cm³/mol. The number of likely N-dealkylation sites (tertiary alicyclic amines) is 1. The van der Waals surface area contributed by atoms with E-state index >= 15 is 0 Å². The zero-order valence-electron chi connectivity index (χ0n) is 25.3. The lowest BCUT2D eigenvalue weighted by Crippen LogP contribution is -2.45. The van der Waals surface area contributed by atoms with E-state index in [1.54, 1.807) is 7.11 Å². The Morgan fingerprint density at radius 3 is 2.74 bits per heavy atom. The zero-order chi connectivity index (χ0) is 29.8. The summed E-state index contributed by atoms with van der Waals surface area (Å²) >= 11 is 0. The molecule has 1 aromatic carbocycles. The number of nitrogens with zero attached hydrogens (tertiary/aromatic N) is 5. The van der Waals surface area contributed by atoms with Crippen molar-refractivity contribution < 1.29 is 14.3 Å². The van der Waals surface area contributed by atoms with Gasteiger partial charge in [0.05, 0.1) is 30.1 Å². The largest absolute Gasteiger partial charge is 0.494 e. The van der Waals surface area contributed by atoms with Gasteiger partial charge >= 0.3 is 0 Å². The van der Waals surface area contributed by atoms with Crippen molar-refractivity contribution in [1.82, 2.24) is 29.3 Å². The lowest BCUT2D eigenvalue weighted by molar-refractivity contribution is -0.121. The second-order valence-electron chi connectivity index (χ2n) is 12.8. The molecule has 43 heavy (non-hydrogen) atoms. The van der Waals surface area contributed by atoms with Gasteiger partial charge in [-0.2, -0.15) is 0 Å². The first kappa shape index (κ1) is 27.9. The van der Waals surface area contributed by atoms with Crippen LogP contribution >= 0.6 is 0 Å². The lowest BCUT2D eigenvalue weighted by atomic mass is 10.0. The minimum absolute atomic E-state index is 0.00832. The van der Waals surface area contributed by atoms with Crippen molar-refractivity contribution >= 4 is 33.9 Å². The third kappa shape index (κ3) is 5.15. The van der Waals surface area contributed by atoms with Crippen LogP contribution in [0.15, 0.2) is 30.3 Å². The van der Waals surface area contributed by atoms with E-state index in [1.807, 2.05) is 37.1 Å². The number of piperidine rings is 1. The summed E-state index contributed by atoms with van der Waals surface area (Å²) in [7, 11) is 3.64. The van der Waals surface area contributed by atoms with Gasteiger partial charge in [-0.15, -0.1) is 0 Å². The average molecular weight is 584 g/mol. The fourth-order valence-corrected chi connectivity index (χ4v) is 7.15. The van der Waals surface area contributed by atoms with Crippen molar-refractivity contribution in [2.75, 3.05) is 20.2 Å². The molecule has 2 bridgehead atoms. The highest BCUT2D eigenvalue weighted by Crippen LogP contribution is 2.45. The molecule has 3 aromatic heterocycles. The molecule has 1 saturated heterocycles. The van der Waals surface area contributed by atoms with Crippen LogP contribution in [0.5, 0.6) is 5.75 Å². The molecule has 4 atom stereocenters. The van der Waals surface area contributed by atoms with Crippen LogP contribution in [-0.2, 0) is 18.4 Å². The number of carbonyl (C=O) groups excluding carboxylic acids is 2. The first-order valence-electron chi connectivity index (χ1n) is 15.7. The smallest absolute Gasteiger partial charge is 0.254 e. The number of benzene rings is 1. The maximum absolute atomic E-state index is 13.5. The molecule has 7 rings (SSSR count). The number of carbonyl (C=O) groups is 2. The van der Waals surface area contributed by atoms with Crippen molar-refractivity contribution in [1.29, 1.82) is 0 Å². The number of nitrogens with one attached hydrogen (secondary N) is 1. The zero-order valence-corrected chi connectivity index (χ0v) is 25.3. The molecule has 4 aromatic rings. The van der Waals surface area contributed by atoms with Crippen LogP contribution in [0.1, 0.15) is 74.0 Å². The van der Waals surface area contributed by atoms with Gasteiger partial charge in [0.15, 0.2) is 5.82 Å². The molecule has 0 radical (unpaired) electrons. The van der Waals surface area contributed by atoms with Gasteiger partial charge in [0, 0.05) is 50.1 Å². The number of nitrogens with two attached hydrogens (primary N) is 1. The van der Waals surface area contributed by atoms with Gasteiger partial charge in [0.1, 0.15) is 16.9 Å². The summed E-state index contributed by atoms with van der Waals surface area (Å²) in [5, 5.41) is 4.18. The van der Waals surface area contributed by atoms with Gasteiger partial charge in [0.25, 0.3) is 5.91 Å². The predicted octanol–water partition coefficient (Wildman–Crippen LogP) is 4.55. The fraction of sp³-hybridized carbons (Fsp3) is 0.515. The third-order valence-corrected chi connectivity index (χ3v) is 9.68. The summed E-state index contributed by atoms with van der Waals surface area (Å²) < 4.78 is 10.2. The normalized spacial score (nSPS) is 24.6. The van der Waals surface area contributed by atoms with Crippen molar-refractivity contribution in [3.63, 3.8) is 0 Å². The average Bonchev–Trinajstić information content (AvgIpc) is 3.52. The maximum Gasteiger partial charge on any atom is 0.254 e.